The summed E-state index contributed by atoms with van der Waals surface area (Å²) in [5, 5.41) is 4.66. The number of fused-ring (bicyclic) bond motifs is 6. The lowest BCUT2D eigenvalue weighted by Gasteiger charge is -2.09. The molecule has 0 N–H and O–H groups in total. The van der Waals surface area contributed by atoms with Crippen molar-refractivity contribution in [1.29, 1.82) is 0 Å². The molecule has 0 saturated carbocycles. The molecule has 27 heavy (non-hydrogen) atoms. The van der Waals surface area contributed by atoms with Crippen LogP contribution in [0.5, 0.6) is 0 Å². The molecule has 1 atom stereocenters. The van der Waals surface area contributed by atoms with Gasteiger partial charge in [0.05, 0.1) is 0 Å². The summed E-state index contributed by atoms with van der Waals surface area (Å²) in [4.78, 5) is 0. The molecule has 0 bridgehead atoms. The molecule has 2 heteroatoms. The predicted molar refractivity (Wildman–Crippen MR) is 110 cm³/mol. The molecule has 0 fully saturated rings. The monoisotopic (exact) mass is 348 g/mol. The van der Waals surface area contributed by atoms with E-state index >= 15 is 0 Å². The van der Waals surface area contributed by atoms with Gasteiger partial charge in [-0.2, -0.15) is 0 Å². The van der Waals surface area contributed by atoms with E-state index in [0.717, 1.165) is 38.2 Å². The van der Waals surface area contributed by atoms with Gasteiger partial charge in [-0.15, -0.1) is 0 Å². The van der Waals surface area contributed by atoms with Crippen molar-refractivity contribution in [3.63, 3.8) is 0 Å². The SMILES string of the molecule is C1=CC(c2cccc3oc4ccccc4c23)C=c2c(oc3ccccc23)=C1. The van der Waals surface area contributed by atoms with Crippen molar-refractivity contribution < 1.29 is 8.83 Å². The van der Waals surface area contributed by atoms with Crippen molar-refractivity contribution in [3.05, 3.63) is 95.1 Å². The minimum atomic E-state index is 0.146. The first kappa shape index (κ1) is 14.6. The maximum absolute atomic E-state index is 6.08. The first-order valence-corrected chi connectivity index (χ1v) is 9.16. The van der Waals surface area contributed by atoms with E-state index in [4.69, 9.17) is 8.83 Å². The normalized spacial score (nSPS) is 16.2. The second-order valence-corrected chi connectivity index (χ2v) is 6.94. The molecule has 0 saturated heterocycles. The summed E-state index contributed by atoms with van der Waals surface area (Å²) < 4.78 is 12.1. The fourth-order valence-corrected chi connectivity index (χ4v) is 4.15. The van der Waals surface area contributed by atoms with E-state index in [2.05, 4.69) is 60.7 Å². The summed E-state index contributed by atoms with van der Waals surface area (Å²) in [6, 6.07) is 22.8. The fraction of sp³-hybridized carbons (Fsp3) is 0.0400. The first-order chi connectivity index (χ1) is 13.4. The Morgan fingerprint density at radius 1 is 0.667 bits per heavy atom. The number of rotatable bonds is 1. The van der Waals surface area contributed by atoms with Crippen molar-refractivity contribution in [1.82, 2.24) is 0 Å². The quantitative estimate of drug-likeness (QED) is 0.414. The fourth-order valence-electron chi connectivity index (χ4n) is 4.15. The number of furan rings is 2. The van der Waals surface area contributed by atoms with Crippen LogP contribution in [0.1, 0.15) is 11.5 Å². The van der Waals surface area contributed by atoms with Gasteiger partial charge >= 0.3 is 0 Å². The van der Waals surface area contributed by atoms with Crippen molar-refractivity contribution >= 4 is 45.1 Å². The van der Waals surface area contributed by atoms with Gasteiger partial charge in [-0.25, -0.2) is 0 Å². The third-order valence-electron chi connectivity index (χ3n) is 5.37. The van der Waals surface area contributed by atoms with E-state index in [-0.39, 0.29) is 5.92 Å². The van der Waals surface area contributed by atoms with Crippen LogP contribution in [0, 0.1) is 0 Å². The lowest BCUT2D eigenvalue weighted by atomic mass is 9.93. The first-order valence-electron chi connectivity index (χ1n) is 9.16. The Labute approximate surface area is 155 Å². The molecule has 128 valence electrons. The van der Waals surface area contributed by atoms with E-state index in [1.807, 2.05) is 30.3 Å². The van der Waals surface area contributed by atoms with Crippen LogP contribution in [0.25, 0.3) is 45.1 Å². The highest BCUT2D eigenvalue weighted by molar-refractivity contribution is 6.07. The molecule has 0 amide bonds. The molecule has 5 aromatic rings. The average Bonchev–Trinajstić information content (AvgIpc) is 3.18. The maximum Gasteiger partial charge on any atom is 0.135 e. The van der Waals surface area contributed by atoms with Crippen LogP contribution in [0.3, 0.4) is 0 Å². The average molecular weight is 348 g/mol. The largest absolute Gasteiger partial charge is 0.456 e. The summed E-state index contributed by atoms with van der Waals surface area (Å²) in [5.74, 6) is 0.146. The summed E-state index contributed by atoms with van der Waals surface area (Å²) in [5.41, 5.74) is 4.95. The third kappa shape index (κ3) is 2.13. The molecule has 2 aromatic heterocycles. The van der Waals surface area contributed by atoms with E-state index in [1.54, 1.807) is 0 Å². The van der Waals surface area contributed by atoms with Crippen LogP contribution in [0.2, 0.25) is 0 Å². The smallest absolute Gasteiger partial charge is 0.135 e. The maximum atomic E-state index is 6.08. The Balaban J connectivity index is 1.68. The topological polar surface area (TPSA) is 26.3 Å². The van der Waals surface area contributed by atoms with Crippen LogP contribution >= 0.6 is 0 Å². The standard InChI is InChI=1S/C25H16O2/c1-3-11-21-18(8-1)20-15-16(7-5-13-23(20)26-21)17-10-6-14-24-25(17)19-9-2-4-12-22(19)27-24/h1-16H. The lowest BCUT2D eigenvalue weighted by Crippen LogP contribution is -2.19. The lowest BCUT2D eigenvalue weighted by molar-refractivity contribution is 0.576. The molecular weight excluding hydrogens is 332 g/mol. The molecule has 1 aliphatic carbocycles. The minimum absolute atomic E-state index is 0.146. The van der Waals surface area contributed by atoms with Gasteiger partial charge < -0.3 is 8.83 Å². The van der Waals surface area contributed by atoms with Crippen LogP contribution in [-0.2, 0) is 0 Å². The summed E-state index contributed by atoms with van der Waals surface area (Å²) in [7, 11) is 0. The highest BCUT2D eigenvalue weighted by Gasteiger charge is 2.16. The van der Waals surface area contributed by atoms with E-state index in [0.29, 0.717) is 0 Å². The second-order valence-electron chi connectivity index (χ2n) is 6.94. The van der Waals surface area contributed by atoms with Gasteiger partial charge in [0, 0.05) is 27.3 Å². The van der Waals surface area contributed by atoms with Gasteiger partial charge in [-0.1, -0.05) is 66.8 Å². The Bertz CT molecular complexity index is 1480. The van der Waals surface area contributed by atoms with Gasteiger partial charge in [0.25, 0.3) is 0 Å². The summed E-state index contributed by atoms with van der Waals surface area (Å²) in [6.07, 6.45) is 8.68. The number of para-hydroxylation sites is 2. The molecule has 1 unspecified atom stereocenters. The van der Waals surface area contributed by atoms with Crippen molar-refractivity contribution in [2.45, 2.75) is 5.92 Å². The molecule has 0 spiro atoms. The number of hydrogen-bond acceptors (Lipinski definition) is 2. The molecule has 6 rings (SSSR count). The molecular formula is C25H16O2. The van der Waals surface area contributed by atoms with Crippen LogP contribution in [-0.4, -0.2) is 0 Å². The highest BCUT2D eigenvalue weighted by atomic mass is 16.3. The minimum Gasteiger partial charge on any atom is -0.456 e. The third-order valence-corrected chi connectivity index (χ3v) is 5.37. The van der Waals surface area contributed by atoms with Crippen LogP contribution in [0.15, 0.2) is 87.7 Å². The second kappa shape index (κ2) is 5.49. The molecule has 1 aliphatic rings. The van der Waals surface area contributed by atoms with Crippen LogP contribution < -0.4 is 10.6 Å². The molecule has 0 aliphatic heterocycles. The Morgan fingerprint density at radius 3 is 2.30 bits per heavy atom. The van der Waals surface area contributed by atoms with Gasteiger partial charge in [0.15, 0.2) is 0 Å². The van der Waals surface area contributed by atoms with Gasteiger partial charge in [0.1, 0.15) is 22.2 Å². The molecule has 0 radical (unpaired) electrons. The summed E-state index contributed by atoms with van der Waals surface area (Å²) >= 11 is 0. The number of benzene rings is 3. The molecule has 2 nitrogen and oxygen atoms in total. The highest BCUT2D eigenvalue weighted by Crippen LogP contribution is 2.35. The van der Waals surface area contributed by atoms with Gasteiger partial charge in [-0.05, 0) is 29.8 Å². The van der Waals surface area contributed by atoms with Crippen LogP contribution in [0.4, 0.5) is 0 Å². The number of allylic oxidation sites excluding steroid dienone is 2. The van der Waals surface area contributed by atoms with Crippen molar-refractivity contribution in [2.75, 3.05) is 0 Å². The van der Waals surface area contributed by atoms with Crippen molar-refractivity contribution in [3.8, 4) is 0 Å². The Kier molecular flexibility index (Phi) is 2.97. The zero-order valence-electron chi connectivity index (χ0n) is 14.6. The molecule has 2 heterocycles. The summed E-state index contributed by atoms with van der Waals surface area (Å²) in [6.45, 7) is 0. The van der Waals surface area contributed by atoms with Gasteiger partial charge in [0.2, 0.25) is 0 Å². The Morgan fingerprint density at radius 2 is 1.41 bits per heavy atom. The van der Waals surface area contributed by atoms with Crippen molar-refractivity contribution in [2.24, 2.45) is 0 Å². The number of hydrogen-bond donors (Lipinski definition) is 0. The zero-order valence-corrected chi connectivity index (χ0v) is 14.6. The van der Waals surface area contributed by atoms with E-state index in [9.17, 15) is 0 Å². The molecule has 3 aromatic carbocycles. The van der Waals surface area contributed by atoms with E-state index in [1.165, 1.54) is 10.9 Å². The Hall–Kier alpha value is -3.52. The zero-order chi connectivity index (χ0) is 17.8. The predicted octanol–water partition coefficient (Wildman–Crippen LogP) is 5.25. The van der Waals surface area contributed by atoms with Gasteiger partial charge in [-0.3, -0.25) is 0 Å². The van der Waals surface area contributed by atoms with E-state index < -0.39 is 0 Å².